The molecule has 1 atom stereocenters. The molecule has 83 valence electrons. The molecule has 0 bridgehead atoms. The zero-order valence-electron chi connectivity index (χ0n) is 9.73. The van der Waals surface area contributed by atoms with E-state index in [0.29, 0.717) is 0 Å². The van der Waals surface area contributed by atoms with Crippen molar-refractivity contribution < 1.29 is 0 Å². The van der Waals surface area contributed by atoms with Gasteiger partial charge in [-0.15, -0.1) is 0 Å². The zero-order valence-corrected chi connectivity index (χ0v) is 9.73. The predicted molar refractivity (Wildman–Crippen MR) is 63.3 cm³/mol. The van der Waals surface area contributed by atoms with E-state index in [1.54, 1.807) is 0 Å². The lowest BCUT2D eigenvalue weighted by atomic mass is 9.95. The molecule has 1 unspecified atom stereocenters. The van der Waals surface area contributed by atoms with E-state index in [9.17, 15) is 0 Å². The van der Waals surface area contributed by atoms with E-state index in [4.69, 9.17) is 0 Å². The van der Waals surface area contributed by atoms with Gasteiger partial charge in [0.25, 0.3) is 0 Å². The summed E-state index contributed by atoms with van der Waals surface area (Å²) in [5.74, 6) is 0.901. The van der Waals surface area contributed by atoms with E-state index < -0.39 is 0 Å². The van der Waals surface area contributed by atoms with Crippen LogP contribution in [0.1, 0.15) is 57.8 Å². The minimum absolute atomic E-state index is 0.901. The number of rotatable bonds is 2. The van der Waals surface area contributed by atoms with E-state index in [1.165, 1.54) is 64.3 Å². The SMILES string of the molecule is CNCC1C[CH]CCCCCCCC1. The van der Waals surface area contributed by atoms with Crippen molar-refractivity contribution in [3.63, 3.8) is 0 Å². The molecule has 1 aliphatic carbocycles. The van der Waals surface area contributed by atoms with Gasteiger partial charge in [-0.1, -0.05) is 44.9 Å². The van der Waals surface area contributed by atoms with Crippen LogP contribution >= 0.6 is 0 Å². The van der Waals surface area contributed by atoms with Gasteiger partial charge in [0.15, 0.2) is 0 Å². The second-order valence-electron chi connectivity index (χ2n) is 4.65. The largest absolute Gasteiger partial charge is 0.319 e. The molecule has 0 aliphatic heterocycles. The summed E-state index contributed by atoms with van der Waals surface area (Å²) in [7, 11) is 2.07. The smallest absolute Gasteiger partial charge is 0.00234 e. The molecular weight excluding hydrogens is 170 g/mol. The summed E-state index contributed by atoms with van der Waals surface area (Å²) in [5, 5.41) is 3.32. The van der Waals surface area contributed by atoms with Crippen molar-refractivity contribution in [2.75, 3.05) is 13.6 Å². The third-order valence-corrected chi connectivity index (χ3v) is 3.26. The molecule has 0 spiro atoms. The lowest BCUT2D eigenvalue weighted by Gasteiger charge is -2.15. The Morgan fingerprint density at radius 1 is 1.07 bits per heavy atom. The molecule has 1 heteroatoms. The Morgan fingerprint density at radius 2 is 1.79 bits per heavy atom. The summed E-state index contributed by atoms with van der Waals surface area (Å²) in [6.07, 6.45) is 15.3. The topological polar surface area (TPSA) is 12.0 Å². The maximum absolute atomic E-state index is 3.32. The minimum atomic E-state index is 0.901. The van der Waals surface area contributed by atoms with E-state index in [-0.39, 0.29) is 0 Å². The number of hydrogen-bond donors (Lipinski definition) is 1. The Kier molecular flexibility index (Phi) is 7.12. The molecule has 1 saturated carbocycles. The maximum atomic E-state index is 3.32. The third-order valence-electron chi connectivity index (χ3n) is 3.26. The fourth-order valence-electron chi connectivity index (χ4n) is 2.37. The Balaban J connectivity index is 2.20. The summed E-state index contributed by atoms with van der Waals surface area (Å²) < 4.78 is 0. The van der Waals surface area contributed by atoms with Crippen LogP contribution in [-0.2, 0) is 0 Å². The minimum Gasteiger partial charge on any atom is -0.319 e. The summed E-state index contributed by atoms with van der Waals surface area (Å²) in [6, 6.07) is 0. The number of hydrogen-bond acceptors (Lipinski definition) is 1. The summed E-state index contributed by atoms with van der Waals surface area (Å²) >= 11 is 0. The molecule has 1 fully saturated rings. The van der Waals surface area contributed by atoms with Gasteiger partial charge in [0, 0.05) is 0 Å². The molecule has 1 rings (SSSR count). The van der Waals surface area contributed by atoms with Gasteiger partial charge in [0.1, 0.15) is 0 Å². The molecule has 0 heterocycles. The molecule has 1 aliphatic rings. The van der Waals surface area contributed by atoms with E-state index in [1.807, 2.05) is 0 Å². The molecule has 1 N–H and O–H groups in total. The van der Waals surface area contributed by atoms with Gasteiger partial charge in [-0.05, 0) is 38.8 Å². The van der Waals surface area contributed by atoms with Gasteiger partial charge < -0.3 is 5.32 Å². The first kappa shape index (κ1) is 12.0. The molecule has 0 aromatic heterocycles. The molecular formula is C13H26N. The highest BCUT2D eigenvalue weighted by atomic mass is 14.8. The van der Waals surface area contributed by atoms with Crippen LogP contribution in [-0.4, -0.2) is 13.6 Å². The highest BCUT2D eigenvalue weighted by Gasteiger charge is 2.08. The van der Waals surface area contributed by atoms with Crippen LogP contribution in [0.4, 0.5) is 0 Å². The van der Waals surface area contributed by atoms with Crippen LogP contribution in [0.2, 0.25) is 0 Å². The maximum Gasteiger partial charge on any atom is -0.00234 e. The van der Waals surface area contributed by atoms with Crippen molar-refractivity contribution in [2.24, 2.45) is 5.92 Å². The lowest BCUT2D eigenvalue weighted by Crippen LogP contribution is -2.18. The normalized spacial score (nSPS) is 22.9. The second-order valence-corrected chi connectivity index (χ2v) is 4.65. The van der Waals surface area contributed by atoms with Crippen LogP contribution in [0.3, 0.4) is 0 Å². The molecule has 1 nitrogen and oxygen atoms in total. The van der Waals surface area contributed by atoms with Crippen molar-refractivity contribution in [3.8, 4) is 0 Å². The summed E-state index contributed by atoms with van der Waals surface area (Å²) in [6.45, 7) is 1.20. The van der Waals surface area contributed by atoms with Crippen LogP contribution in [0.25, 0.3) is 0 Å². The third kappa shape index (κ3) is 5.64. The first-order chi connectivity index (χ1) is 6.93. The van der Waals surface area contributed by atoms with E-state index in [0.717, 1.165) is 5.92 Å². The Morgan fingerprint density at radius 3 is 2.57 bits per heavy atom. The highest BCUT2D eigenvalue weighted by molar-refractivity contribution is 4.73. The van der Waals surface area contributed by atoms with Crippen LogP contribution < -0.4 is 5.32 Å². The average molecular weight is 196 g/mol. The Hall–Kier alpha value is -0.0400. The van der Waals surface area contributed by atoms with Crippen LogP contribution in [0.15, 0.2) is 0 Å². The van der Waals surface area contributed by atoms with Gasteiger partial charge in [-0.3, -0.25) is 0 Å². The first-order valence-corrected chi connectivity index (χ1v) is 6.39. The lowest BCUT2D eigenvalue weighted by molar-refractivity contribution is 0.431. The standard InChI is InChI=1S/C13H26N/c1-14-12-13-10-8-6-4-2-3-5-7-9-11-13/h8,13-14H,2-7,9-12H2,1H3. The van der Waals surface area contributed by atoms with E-state index >= 15 is 0 Å². The van der Waals surface area contributed by atoms with E-state index in [2.05, 4.69) is 18.8 Å². The Labute approximate surface area is 89.7 Å². The predicted octanol–water partition coefficient (Wildman–Crippen LogP) is 3.55. The fourth-order valence-corrected chi connectivity index (χ4v) is 2.37. The Bertz CT molecular complexity index is 110. The molecule has 14 heavy (non-hydrogen) atoms. The van der Waals surface area contributed by atoms with Gasteiger partial charge in [-0.2, -0.15) is 0 Å². The van der Waals surface area contributed by atoms with Crippen LogP contribution in [0, 0.1) is 12.3 Å². The highest BCUT2D eigenvalue weighted by Crippen LogP contribution is 2.19. The molecule has 1 radical (unpaired) electrons. The number of nitrogens with one attached hydrogen (secondary N) is 1. The molecule has 0 aromatic rings. The first-order valence-electron chi connectivity index (χ1n) is 6.39. The van der Waals surface area contributed by atoms with Gasteiger partial charge in [0.2, 0.25) is 0 Å². The fraction of sp³-hybridized carbons (Fsp3) is 0.923. The average Bonchev–Trinajstić information content (AvgIpc) is 2.24. The van der Waals surface area contributed by atoms with Crippen molar-refractivity contribution in [3.05, 3.63) is 6.42 Å². The van der Waals surface area contributed by atoms with Gasteiger partial charge in [0.05, 0.1) is 0 Å². The summed E-state index contributed by atoms with van der Waals surface area (Å²) in [5.41, 5.74) is 0. The van der Waals surface area contributed by atoms with Crippen molar-refractivity contribution in [1.29, 1.82) is 0 Å². The summed E-state index contributed by atoms with van der Waals surface area (Å²) in [4.78, 5) is 0. The van der Waals surface area contributed by atoms with Crippen molar-refractivity contribution in [2.45, 2.75) is 57.8 Å². The van der Waals surface area contributed by atoms with Crippen LogP contribution in [0.5, 0.6) is 0 Å². The van der Waals surface area contributed by atoms with Crippen molar-refractivity contribution >= 4 is 0 Å². The quantitative estimate of drug-likeness (QED) is 0.712. The zero-order chi connectivity index (χ0) is 10.1. The second kappa shape index (κ2) is 8.28. The van der Waals surface area contributed by atoms with Gasteiger partial charge >= 0.3 is 0 Å². The molecule has 0 amide bonds. The molecule has 0 aromatic carbocycles. The molecule has 0 saturated heterocycles. The van der Waals surface area contributed by atoms with Gasteiger partial charge in [-0.25, -0.2) is 0 Å². The monoisotopic (exact) mass is 196 g/mol. The van der Waals surface area contributed by atoms with Crippen molar-refractivity contribution in [1.82, 2.24) is 5.32 Å².